The van der Waals surface area contributed by atoms with Crippen molar-refractivity contribution in [2.75, 3.05) is 0 Å². The van der Waals surface area contributed by atoms with Gasteiger partial charge in [0.2, 0.25) is 33.0 Å². The van der Waals surface area contributed by atoms with E-state index in [4.69, 9.17) is 77.3 Å². The van der Waals surface area contributed by atoms with Gasteiger partial charge in [-0.05, 0) is 73.2 Å². The van der Waals surface area contributed by atoms with Crippen molar-refractivity contribution >= 4 is 144 Å². The predicted octanol–water partition coefficient (Wildman–Crippen LogP) is 14.6. The second-order valence-corrected chi connectivity index (χ2v) is 20.3. The van der Waals surface area contributed by atoms with Crippen molar-refractivity contribution in [1.82, 2.24) is 44.3 Å². The van der Waals surface area contributed by atoms with Crippen LogP contribution >= 0.6 is 92.0 Å². The zero-order valence-electron chi connectivity index (χ0n) is 38.2. The van der Waals surface area contributed by atoms with E-state index in [1.54, 1.807) is 48.4 Å². The Bertz CT molecular complexity index is 3900. The van der Waals surface area contributed by atoms with Crippen molar-refractivity contribution in [1.29, 1.82) is 0 Å². The van der Waals surface area contributed by atoms with Gasteiger partial charge in [-0.15, -0.1) is 0 Å². The van der Waals surface area contributed by atoms with Crippen molar-refractivity contribution in [2.24, 2.45) is 0 Å². The summed E-state index contributed by atoms with van der Waals surface area (Å²) in [7, 11) is 0. The minimum absolute atomic E-state index is 0.237. The molecule has 0 aliphatic carbocycles. The van der Waals surface area contributed by atoms with Crippen LogP contribution < -0.4 is 14.2 Å². The van der Waals surface area contributed by atoms with Crippen molar-refractivity contribution in [2.45, 2.75) is 6.92 Å². The maximum absolute atomic E-state index is 10.5. The molecule has 6 aromatic heterocycles. The minimum atomic E-state index is 0.237. The van der Waals surface area contributed by atoms with E-state index in [0.29, 0.717) is 59.9 Å². The molecule has 6 heterocycles. The largest absolute Gasteiger partial charge is 0.409 e. The van der Waals surface area contributed by atoms with E-state index in [2.05, 4.69) is 25.1 Å². The first-order valence-corrected chi connectivity index (χ1v) is 26.3. The Morgan fingerprint density at radius 2 is 0.827 bits per heavy atom. The average molecular weight is 1150 g/mol. The predicted molar refractivity (Wildman–Crippen MR) is 296 cm³/mol. The Hall–Kier alpha value is -7.52. The molecule has 0 amide bonds. The van der Waals surface area contributed by atoms with E-state index < -0.39 is 0 Å². The summed E-state index contributed by atoms with van der Waals surface area (Å²) >= 11 is 35.1. The van der Waals surface area contributed by atoms with Crippen LogP contribution in [0.4, 0.5) is 0 Å². The van der Waals surface area contributed by atoms with Crippen LogP contribution in [-0.2, 0) is 14.4 Å². The molecule has 75 heavy (non-hydrogen) atoms. The number of para-hydroxylation sites is 3. The zero-order chi connectivity index (χ0) is 52.2. The van der Waals surface area contributed by atoms with Crippen LogP contribution in [0.15, 0.2) is 144 Å². The number of carbonyl (C=O) groups excluding carboxylic acids is 3. The summed E-state index contributed by atoms with van der Waals surface area (Å²) in [6.45, 7) is 3.05. The molecule has 23 heteroatoms. The van der Waals surface area contributed by atoms with Gasteiger partial charge in [0.15, 0.2) is 0 Å². The summed E-state index contributed by atoms with van der Waals surface area (Å²) in [5, 5.41) is 26.5. The molecule has 372 valence electrons. The van der Waals surface area contributed by atoms with Crippen LogP contribution in [0.25, 0.3) is 81.9 Å². The molecule has 12 aromatic rings. The van der Waals surface area contributed by atoms with E-state index in [1.807, 2.05) is 116 Å². The number of thiazole rings is 3. The number of aromatic nitrogens is 9. The quantitative estimate of drug-likeness (QED) is 0.106. The maximum atomic E-state index is 10.5. The molecule has 0 radical (unpaired) electrons. The highest BCUT2D eigenvalue weighted by molar-refractivity contribution is 7.13. The molecule has 15 nitrogen and oxygen atoms in total. The fourth-order valence-electron chi connectivity index (χ4n) is 7.78. The number of hydrogen-bond acceptors (Lipinski definition) is 15. The molecule has 0 unspecified atom stereocenters. The molecule has 0 saturated carbocycles. The highest BCUT2D eigenvalue weighted by Gasteiger charge is 2.21. The van der Waals surface area contributed by atoms with Gasteiger partial charge in [-0.2, -0.15) is 30.2 Å². The summed E-state index contributed by atoms with van der Waals surface area (Å²) in [6, 6.07) is 39.9. The minimum Gasteiger partial charge on any atom is -0.409 e. The lowest BCUT2D eigenvalue weighted by atomic mass is 10.1. The van der Waals surface area contributed by atoms with E-state index >= 15 is 0 Å². The number of halogens is 5. The Balaban J connectivity index is 0.000000128. The molecule has 0 aliphatic heterocycles. The smallest absolute Gasteiger partial charge is 0.299 e. The lowest BCUT2D eigenvalue weighted by Crippen LogP contribution is -1.96. The molecule has 0 saturated heterocycles. The molecule has 0 atom stereocenters. The Labute approximate surface area is 461 Å². The maximum Gasteiger partial charge on any atom is 0.299 e. The first-order chi connectivity index (χ1) is 36.5. The number of aryl methyl sites for hydroxylation is 1. The van der Waals surface area contributed by atoms with Gasteiger partial charge in [-0.1, -0.05) is 159 Å². The summed E-state index contributed by atoms with van der Waals surface area (Å²) < 4.78 is 19.5. The number of hydrogen-bond donors (Lipinski definition) is 0. The van der Waals surface area contributed by atoms with Crippen LogP contribution in [0.1, 0.15) is 5.56 Å². The SMILES string of the molecule is Cc1ccc(-c2nn(-c3nc(OC=O)cs3)c3ccccc23)c(Cl)c1.O=COc1csc(-n2nc(-c3cc(Cl)cc(Cl)c3)c3ccccc32)n1.O=COc1csc(-n2nc(-c3ccc(Cl)cc3Cl)c3ccccc32)n1. The highest BCUT2D eigenvalue weighted by Crippen LogP contribution is 2.39. The molecular weight excluding hydrogens is 1120 g/mol. The fourth-order valence-corrected chi connectivity index (χ4v) is 11.2. The second kappa shape index (κ2) is 22.5. The fraction of sp³-hybridized carbons (Fsp3) is 0.0192. The van der Waals surface area contributed by atoms with Crippen LogP contribution in [-0.4, -0.2) is 63.7 Å². The normalized spacial score (nSPS) is 11.0. The standard InChI is InChI=1S/C18H12ClN3O2S.2C17H9Cl2N3O2S/c1-11-6-7-12(14(19)8-11)17-13-4-2-3-5-15(13)22(21-17)18-20-16(9-25-18)24-10-23;18-11-5-10(6-12(19)7-11)16-13-3-1-2-4-14(13)22(21-16)17-20-15(8-25-17)24-9-23;18-10-5-6-11(13(19)7-10)16-12-3-1-2-4-14(12)22(21-16)17-20-15(8-25-17)24-9-23/h2-10H,1H3;2*1-9H. The van der Waals surface area contributed by atoms with Gasteiger partial charge >= 0.3 is 0 Å². The van der Waals surface area contributed by atoms with E-state index in [9.17, 15) is 14.4 Å². The topological polar surface area (TPSA) is 171 Å². The summed E-state index contributed by atoms with van der Waals surface area (Å²) in [5.74, 6) is 0.729. The van der Waals surface area contributed by atoms with Gasteiger partial charge in [0.1, 0.15) is 17.1 Å². The van der Waals surface area contributed by atoms with E-state index in [0.717, 1.165) is 72.0 Å². The number of rotatable bonds is 12. The van der Waals surface area contributed by atoms with Crippen molar-refractivity contribution in [3.05, 3.63) is 174 Å². The van der Waals surface area contributed by atoms with Gasteiger partial charge < -0.3 is 14.2 Å². The number of benzene rings is 6. The molecular formula is C52H30Cl5N9O6S3. The van der Waals surface area contributed by atoms with E-state index in [1.165, 1.54) is 34.0 Å². The van der Waals surface area contributed by atoms with Crippen molar-refractivity contribution in [3.8, 4) is 66.8 Å². The first kappa shape index (κ1) is 51.0. The zero-order valence-corrected chi connectivity index (χ0v) is 44.4. The molecule has 6 aromatic carbocycles. The van der Waals surface area contributed by atoms with Crippen LogP contribution in [0.5, 0.6) is 17.6 Å². The lowest BCUT2D eigenvalue weighted by molar-refractivity contribution is -0.121. The van der Waals surface area contributed by atoms with Crippen LogP contribution in [0, 0.1) is 6.92 Å². The van der Waals surface area contributed by atoms with Gasteiger partial charge in [0, 0.05) is 47.9 Å². The monoisotopic (exact) mass is 1150 g/mol. The molecule has 0 fully saturated rings. The number of nitrogens with zero attached hydrogens (tertiary/aromatic N) is 9. The third-order valence-electron chi connectivity index (χ3n) is 10.9. The van der Waals surface area contributed by atoms with Crippen LogP contribution in [0.3, 0.4) is 0 Å². The lowest BCUT2D eigenvalue weighted by Gasteiger charge is -2.02. The molecule has 0 bridgehead atoms. The summed E-state index contributed by atoms with van der Waals surface area (Å²) in [6.07, 6.45) is 0. The van der Waals surface area contributed by atoms with Crippen molar-refractivity contribution < 1.29 is 28.6 Å². The number of carbonyl (C=O) groups is 3. The Morgan fingerprint density at radius 1 is 0.440 bits per heavy atom. The van der Waals surface area contributed by atoms with Gasteiger partial charge in [0.25, 0.3) is 19.4 Å². The molecule has 0 aliphatic rings. The van der Waals surface area contributed by atoms with Gasteiger partial charge in [0.05, 0.1) is 42.7 Å². The summed E-state index contributed by atoms with van der Waals surface area (Å²) in [5.41, 5.74) is 8.45. The van der Waals surface area contributed by atoms with Crippen LogP contribution in [0.2, 0.25) is 25.1 Å². The Morgan fingerprint density at radius 3 is 1.24 bits per heavy atom. The average Bonchev–Trinajstić information content (AvgIpc) is 4.28. The highest BCUT2D eigenvalue weighted by atomic mass is 35.5. The second-order valence-electron chi connectivity index (χ2n) is 15.6. The number of fused-ring (bicyclic) bond motifs is 3. The van der Waals surface area contributed by atoms with Gasteiger partial charge in [-0.3, -0.25) is 14.4 Å². The first-order valence-electron chi connectivity index (χ1n) is 21.8. The molecule has 12 rings (SSSR count). The van der Waals surface area contributed by atoms with Gasteiger partial charge in [-0.25, -0.2) is 14.0 Å². The van der Waals surface area contributed by atoms with Crippen molar-refractivity contribution in [3.63, 3.8) is 0 Å². The third-order valence-corrected chi connectivity index (χ3v) is 14.6. The number of ether oxygens (including phenoxy) is 3. The van der Waals surface area contributed by atoms with E-state index in [-0.39, 0.29) is 17.6 Å². The third kappa shape index (κ3) is 10.9. The Kier molecular flexibility index (Phi) is 15.3. The molecule has 0 spiro atoms. The summed E-state index contributed by atoms with van der Waals surface area (Å²) in [4.78, 5) is 44.3. The molecule has 0 N–H and O–H groups in total.